The molecule has 62 heavy (non-hydrogen) atoms. The molecule has 0 spiro atoms. The van der Waals surface area contributed by atoms with Gasteiger partial charge < -0.3 is 30.1 Å². The molecule has 1 aromatic heterocycles. The lowest BCUT2D eigenvalue weighted by molar-refractivity contribution is -0.152. The highest BCUT2D eigenvalue weighted by Crippen LogP contribution is 2.44. The van der Waals surface area contributed by atoms with Gasteiger partial charge in [0.2, 0.25) is 5.91 Å². The van der Waals surface area contributed by atoms with Crippen molar-refractivity contribution in [2.45, 2.75) is 111 Å². The average Bonchev–Trinajstić information content (AvgIpc) is 3.86. The van der Waals surface area contributed by atoms with Gasteiger partial charge in [-0.3, -0.25) is 19.2 Å². The fourth-order valence-electron chi connectivity index (χ4n) is 8.09. The summed E-state index contributed by atoms with van der Waals surface area (Å²) in [5.41, 5.74) is 5.48. The number of carboxylic acid groups (broad SMARTS) is 1. The minimum atomic E-state index is -0.953. The van der Waals surface area contributed by atoms with E-state index in [0.717, 1.165) is 27.8 Å². The second-order valence-electron chi connectivity index (χ2n) is 17.3. The number of aliphatic carboxylic acids is 1. The summed E-state index contributed by atoms with van der Waals surface area (Å²) in [4.78, 5) is 73.0. The lowest BCUT2D eigenvalue weighted by atomic mass is 9.93. The highest BCUT2D eigenvalue weighted by molar-refractivity contribution is 7.09. The number of esters is 1. The number of nitrogens with one attached hydrogen (secondary N) is 2. The number of carboxylic acids is 1. The quantitative estimate of drug-likeness (QED) is 0.0694. The molecule has 0 bridgehead atoms. The molecule has 0 fully saturated rings. The third-order valence-corrected chi connectivity index (χ3v) is 12.7. The van der Waals surface area contributed by atoms with Gasteiger partial charge in [-0.2, -0.15) is 0 Å². The van der Waals surface area contributed by atoms with Crippen molar-refractivity contribution in [2.24, 2.45) is 23.7 Å². The smallest absolute Gasteiger partial charge is 0.407 e. The number of hydrogen-bond donors (Lipinski definition) is 3. The van der Waals surface area contributed by atoms with Crippen molar-refractivity contribution in [3.8, 4) is 11.1 Å². The first-order valence-corrected chi connectivity index (χ1v) is 22.6. The highest BCUT2D eigenvalue weighted by atomic mass is 32.1. The SMILES string of the molecule is CC[C@H](C)[C@H](NC(=O)OCC1c2ccccc2-c2ccccc21)C(=O)N(C)[C@H](C[C@@H](OC(=O)CC(C)C)c1nc(C(=O)NC(Cc2ccccc2)CC(C)C(=O)O)cs1)C(C)C. The number of carbonyl (C=O) groups excluding carboxylic acids is 4. The van der Waals surface area contributed by atoms with Gasteiger partial charge >= 0.3 is 18.0 Å². The van der Waals surface area contributed by atoms with Crippen LogP contribution in [0.4, 0.5) is 4.79 Å². The maximum atomic E-state index is 14.5. The number of nitrogens with zero attached hydrogens (tertiary/aromatic N) is 2. The van der Waals surface area contributed by atoms with Crippen LogP contribution < -0.4 is 10.6 Å². The van der Waals surface area contributed by atoms with Crippen LogP contribution in [-0.2, 0) is 30.3 Å². The van der Waals surface area contributed by atoms with Crippen molar-refractivity contribution < 1.29 is 38.6 Å². The van der Waals surface area contributed by atoms with Crippen LogP contribution in [0.5, 0.6) is 0 Å². The van der Waals surface area contributed by atoms with Gasteiger partial charge in [-0.1, -0.05) is 134 Å². The molecule has 3 aromatic carbocycles. The summed E-state index contributed by atoms with van der Waals surface area (Å²) in [5.74, 6) is -3.30. The average molecular weight is 867 g/mol. The zero-order chi connectivity index (χ0) is 45.1. The number of likely N-dealkylation sites (N-methyl/N-ethyl adjacent to an activating group) is 1. The van der Waals surface area contributed by atoms with Crippen molar-refractivity contribution in [1.29, 1.82) is 0 Å². The Morgan fingerprint density at radius 3 is 2.03 bits per heavy atom. The first-order chi connectivity index (χ1) is 29.6. The number of amides is 3. The van der Waals surface area contributed by atoms with Gasteiger partial charge in [-0.25, -0.2) is 9.78 Å². The van der Waals surface area contributed by atoms with Crippen molar-refractivity contribution >= 4 is 41.2 Å². The standard InChI is InChI=1S/C49H62N4O8S/c1-9-31(6)44(52-49(59)60-27-39-37-21-15-13-19-35(37)36-20-14-16-22-38(36)39)47(56)53(8)41(30(4)5)26-42(61-43(54)23-29(2)3)46-51-40(28-62-46)45(55)50-34(24-32(7)48(57)58)25-33-17-11-10-12-18-33/h10-22,28-32,34,39,41-42,44H,9,23-27H2,1-8H3,(H,50,55)(H,52,59)(H,57,58)/t31-,32?,34?,41+,42+,44-/m0/s1. The number of rotatable bonds is 21. The number of alkyl carbamates (subject to hydrolysis) is 1. The molecule has 5 rings (SSSR count). The molecular weight excluding hydrogens is 805 g/mol. The van der Waals surface area contributed by atoms with E-state index in [4.69, 9.17) is 9.47 Å². The minimum absolute atomic E-state index is 0.0287. The molecule has 0 saturated carbocycles. The fourth-order valence-corrected chi connectivity index (χ4v) is 8.93. The molecule has 6 atom stereocenters. The van der Waals surface area contributed by atoms with E-state index in [1.165, 1.54) is 11.3 Å². The van der Waals surface area contributed by atoms with Crippen LogP contribution in [-0.4, -0.2) is 76.6 Å². The van der Waals surface area contributed by atoms with E-state index in [9.17, 15) is 29.1 Å². The zero-order valence-electron chi connectivity index (χ0n) is 37.1. The summed E-state index contributed by atoms with van der Waals surface area (Å²) in [6, 6.07) is 23.9. The van der Waals surface area contributed by atoms with Crippen LogP contribution in [0, 0.1) is 23.7 Å². The molecule has 1 heterocycles. The number of hydrogen-bond acceptors (Lipinski definition) is 9. The monoisotopic (exact) mass is 866 g/mol. The third kappa shape index (κ3) is 12.3. The van der Waals surface area contributed by atoms with Crippen molar-refractivity contribution in [3.63, 3.8) is 0 Å². The number of fused-ring (bicyclic) bond motifs is 3. The van der Waals surface area contributed by atoms with E-state index < -0.39 is 54.1 Å². The lowest BCUT2D eigenvalue weighted by Gasteiger charge is -2.36. The van der Waals surface area contributed by atoms with Gasteiger partial charge in [0.15, 0.2) is 6.10 Å². The fraction of sp³-hybridized carbons (Fsp3) is 0.469. The summed E-state index contributed by atoms with van der Waals surface area (Å²) >= 11 is 1.18. The lowest BCUT2D eigenvalue weighted by Crippen LogP contribution is -2.54. The molecule has 0 aliphatic heterocycles. The molecule has 1 aliphatic rings. The second kappa shape index (κ2) is 22.0. The van der Waals surface area contributed by atoms with E-state index in [-0.39, 0.29) is 61.1 Å². The van der Waals surface area contributed by atoms with Crippen LogP contribution in [0.25, 0.3) is 11.1 Å². The van der Waals surface area contributed by atoms with Crippen LogP contribution in [0.2, 0.25) is 0 Å². The van der Waals surface area contributed by atoms with Gasteiger partial charge in [0.25, 0.3) is 5.91 Å². The first kappa shape index (κ1) is 47.5. The summed E-state index contributed by atoms with van der Waals surface area (Å²) in [7, 11) is 1.69. The molecule has 0 radical (unpaired) electrons. The Morgan fingerprint density at radius 1 is 0.839 bits per heavy atom. The Bertz CT molecular complexity index is 2110. The summed E-state index contributed by atoms with van der Waals surface area (Å²) in [5, 5.41) is 17.5. The topological polar surface area (TPSA) is 164 Å². The molecule has 1 aliphatic carbocycles. The summed E-state index contributed by atoms with van der Waals surface area (Å²) < 4.78 is 12.0. The van der Waals surface area contributed by atoms with Gasteiger partial charge in [-0.15, -0.1) is 11.3 Å². The molecule has 3 amide bonds. The normalized spacial score (nSPS) is 15.1. The molecular formula is C49H62N4O8S. The van der Waals surface area contributed by atoms with Gasteiger partial charge in [-0.05, 0) is 58.4 Å². The molecule has 4 aromatic rings. The van der Waals surface area contributed by atoms with Gasteiger partial charge in [0.1, 0.15) is 23.4 Å². The maximum Gasteiger partial charge on any atom is 0.407 e. The summed E-state index contributed by atoms with van der Waals surface area (Å²) in [6.45, 7) is 13.4. The van der Waals surface area contributed by atoms with E-state index in [2.05, 4.69) is 39.9 Å². The first-order valence-electron chi connectivity index (χ1n) is 21.7. The Morgan fingerprint density at radius 2 is 1.45 bits per heavy atom. The Kier molecular flexibility index (Phi) is 16.8. The van der Waals surface area contributed by atoms with Crippen molar-refractivity contribution in [2.75, 3.05) is 13.7 Å². The Hall–Kier alpha value is -5.56. The van der Waals surface area contributed by atoms with Gasteiger partial charge in [0, 0.05) is 43.3 Å². The number of aromatic nitrogens is 1. The number of thiazole rings is 1. The molecule has 2 unspecified atom stereocenters. The van der Waals surface area contributed by atoms with Crippen LogP contribution in [0.3, 0.4) is 0 Å². The van der Waals surface area contributed by atoms with E-state index in [1.807, 2.05) is 96.1 Å². The molecule has 13 heteroatoms. The number of benzene rings is 3. The van der Waals surface area contributed by atoms with Gasteiger partial charge in [0.05, 0.1) is 5.92 Å². The Labute approximate surface area is 369 Å². The Balaban J connectivity index is 1.32. The van der Waals surface area contributed by atoms with E-state index in [0.29, 0.717) is 17.8 Å². The molecule has 332 valence electrons. The predicted molar refractivity (Wildman–Crippen MR) is 241 cm³/mol. The largest absolute Gasteiger partial charge is 0.481 e. The maximum absolute atomic E-state index is 14.5. The number of carbonyl (C=O) groups is 5. The predicted octanol–water partition coefficient (Wildman–Crippen LogP) is 9.05. The van der Waals surface area contributed by atoms with E-state index >= 15 is 0 Å². The molecule has 12 nitrogen and oxygen atoms in total. The second-order valence-corrected chi connectivity index (χ2v) is 18.2. The summed E-state index contributed by atoms with van der Waals surface area (Å²) in [6.07, 6.45) is 0.0364. The van der Waals surface area contributed by atoms with Crippen LogP contribution in [0.15, 0.2) is 84.2 Å². The van der Waals surface area contributed by atoms with Crippen LogP contribution >= 0.6 is 11.3 Å². The minimum Gasteiger partial charge on any atom is -0.481 e. The third-order valence-electron chi connectivity index (χ3n) is 11.8. The number of ether oxygens (including phenoxy) is 2. The zero-order valence-corrected chi connectivity index (χ0v) is 37.9. The van der Waals surface area contributed by atoms with Crippen LogP contribution in [0.1, 0.15) is 118 Å². The highest BCUT2D eigenvalue weighted by Gasteiger charge is 2.37. The van der Waals surface area contributed by atoms with E-state index in [1.54, 1.807) is 24.3 Å². The van der Waals surface area contributed by atoms with Crippen molar-refractivity contribution in [1.82, 2.24) is 20.5 Å². The van der Waals surface area contributed by atoms with Crippen molar-refractivity contribution in [3.05, 3.63) is 112 Å². The molecule has 0 saturated heterocycles. The molecule has 3 N–H and O–H groups in total.